The van der Waals surface area contributed by atoms with Gasteiger partial charge < -0.3 is 10.2 Å². The van der Waals surface area contributed by atoms with Crippen LogP contribution in [-0.4, -0.2) is 44.2 Å². The highest BCUT2D eigenvalue weighted by Crippen LogP contribution is 2.20. The van der Waals surface area contributed by atoms with Crippen LogP contribution >= 0.6 is 0 Å². The maximum absolute atomic E-state index is 13.2. The van der Waals surface area contributed by atoms with Crippen molar-refractivity contribution >= 4 is 17.4 Å². The lowest BCUT2D eigenvalue weighted by Gasteiger charge is -2.19. The van der Waals surface area contributed by atoms with Gasteiger partial charge in [0.15, 0.2) is 5.65 Å². The number of hydrogen-bond acceptors (Lipinski definition) is 5. The average Bonchev–Trinajstić information content (AvgIpc) is 3.68. The number of carbonyl (C=O) groups excluding carboxylic acids is 1. The van der Waals surface area contributed by atoms with Crippen molar-refractivity contribution in [1.82, 2.24) is 24.5 Å². The fraction of sp³-hybridized carbons (Fsp3) is 0.257. The Hall–Kier alpha value is -5.23. The van der Waals surface area contributed by atoms with Crippen LogP contribution in [0.5, 0.6) is 0 Å². The molecule has 1 amide bonds. The summed E-state index contributed by atoms with van der Waals surface area (Å²) < 4.78 is 15.3. The van der Waals surface area contributed by atoms with Crippen LogP contribution in [-0.2, 0) is 0 Å². The number of nitrogens with zero attached hydrogens (tertiary/aromatic N) is 5. The molecule has 0 bridgehead atoms. The summed E-state index contributed by atoms with van der Waals surface area (Å²) in [6.45, 7) is 11.2. The number of anilines is 1. The highest BCUT2D eigenvalue weighted by Gasteiger charge is 2.27. The Bertz CT molecular complexity index is 1750. The Morgan fingerprint density at radius 1 is 0.955 bits per heavy atom. The maximum atomic E-state index is 13.2. The number of aryl methyl sites for hydroxylation is 2. The molecule has 1 atom stereocenters. The lowest BCUT2D eigenvalue weighted by molar-refractivity contribution is 0.0938. The summed E-state index contributed by atoms with van der Waals surface area (Å²) in [7, 11) is 0. The minimum atomic E-state index is -0.339. The van der Waals surface area contributed by atoms with E-state index in [2.05, 4.69) is 33.1 Å². The summed E-state index contributed by atoms with van der Waals surface area (Å²) in [4.78, 5) is 32.8. The van der Waals surface area contributed by atoms with Gasteiger partial charge in [0.05, 0.1) is 11.9 Å². The van der Waals surface area contributed by atoms with Crippen LogP contribution < -0.4 is 15.8 Å². The zero-order chi connectivity index (χ0) is 32.2. The third-order valence-corrected chi connectivity index (χ3v) is 7.06. The van der Waals surface area contributed by atoms with Gasteiger partial charge in [-0.1, -0.05) is 50.2 Å². The molecule has 0 unspecified atom stereocenters. The monoisotopic (exact) mass is 594 g/mol. The van der Waals surface area contributed by atoms with Gasteiger partial charge in [-0.05, 0) is 75.2 Å². The molecule has 8 nitrogen and oxygen atoms in total. The summed E-state index contributed by atoms with van der Waals surface area (Å²) >= 11 is 0. The van der Waals surface area contributed by atoms with Crippen LogP contribution in [0.15, 0.2) is 89.9 Å². The topological polar surface area (TPSA) is 84.5 Å². The van der Waals surface area contributed by atoms with E-state index in [1.54, 1.807) is 35.0 Å². The number of halogens is 1. The van der Waals surface area contributed by atoms with Crippen LogP contribution in [0.4, 0.5) is 10.2 Å². The standard InChI is InChI=1S/C25H26N6O2.C6H5F.C2H6.C2H2/c1-16-13-21(25(33)30(18(16)3)20-7-5-4-6-8-20)24(32)27-19-11-12-29(15-19)23-10-9-22-26-14-17(2)31(22)28-23;7-6-4-2-1-3-5-6;2*1-2/h4-10,13-14,19H,11-12,15H2,1-3H3,(H,27,32);1-5H;1-2H3;1-2H/t19-;;;/m0.../s1. The van der Waals surface area contributed by atoms with Gasteiger partial charge in [0.1, 0.15) is 17.2 Å². The van der Waals surface area contributed by atoms with E-state index in [1.165, 1.54) is 12.1 Å². The van der Waals surface area contributed by atoms with Gasteiger partial charge in [-0.25, -0.2) is 13.9 Å². The van der Waals surface area contributed by atoms with E-state index in [-0.39, 0.29) is 28.9 Å². The molecule has 6 rings (SSSR count). The second kappa shape index (κ2) is 15.8. The second-order valence-corrected chi connectivity index (χ2v) is 9.86. The van der Waals surface area contributed by atoms with Crippen LogP contribution in [0.1, 0.15) is 47.6 Å². The minimum Gasteiger partial charge on any atom is -0.353 e. The molecule has 0 aliphatic carbocycles. The second-order valence-electron chi connectivity index (χ2n) is 9.86. The normalized spacial score (nSPS) is 13.5. The van der Waals surface area contributed by atoms with Crippen molar-refractivity contribution in [2.24, 2.45) is 0 Å². The Labute approximate surface area is 258 Å². The number of para-hydroxylation sites is 1. The molecule has 0 radical (unpaired) electrons. The number of amides is 1. The van der Waals surface area contributed by atoms with Gasteiger partial charge in [0.25, 0.3) is 11.5 Å². The van der Waals surface area contributed by atoms with Crippen LogP contribution in [0, 0.1) is 39.4 Å². The third kappa shape index (κ3) is 7.78. The highest BCUT2D eigenvalue weighted by atomic mass is 19.1. The molecule has 9 heteroatoms. The minimum absolute atomic E-state index is 0.0648. The summed E-state index contributed by atoms with van der Waals surface area (Å²) in [5.41, 5.74) is 4.11. The molecular formula is C35H39FN6O2. The fourth-order valence-corrected chi connectivity index (χ4v) is 4.79. The molecule has 3 aromatic heterocycles. The van der Waals surface area contributed by atoms with Crippen molar-refractivity contribution in [1.29, 1.82) is 0 Å². The van der Waals surface area contributed by atoms with Gasteiger partial charge >= 0.3 is 0 Å². The molecule has 1 fully saturated rings. The molecule has 1 aliphatic heterocycles. The van der Waals surface area contributed by atoms with Crippen molar-refractivity contribution < 1.29 is 9.18 Å². The number of carbonyl (C=O) groups is 1. The Kier molecular flexibility index (Phi) is 12.0. The first-order chi connectivity index (χ1) is 21.3. The summed E-state index contributed by atoms with van der Waals surface area (Å²) in [5, 5.41) is 7.75. The zero-order valence-electron chi connectivity index (χ0n) is 25.9. The van der Waals surface area contributed by atoms with Gasteiger partial charge in [0, 0.05) is 30.5 Å². The number of rotatable bonds is 4. The molecule has 2 aromatic carbocycles. The number of hydrogen-bond donors (Lipinski definition) is 1. The molecule has 228 valence electrons. The molecule has 1 N–H and O–H groups in total. The first kappa shape index (κ1) is 33.3. The Morgan fingerprint density at radius 3 is 2.20 bits per heavy atom. The molecule has 0 spiro atoms. The number of benzene rings is 2. The van der Waals surface area contributed by atoms with Gasteiger partial charge in [-0.15, -0.1) is 17.9 Å². The predicted molar refractivity (Wildman–Crippen MR) is 175 cm³/mol. The van der Waals surface area contributed by atoms with Crippen LogP contribution in [0.25, 0.3) is 11.3 Å². The summed E-state index contributed by atoms with van der Waals surface area (Å²) in [5.74, 6) is 0.328. The van der Waals surface area contributed by atoms with Gasteiger partial charge in [-0.2, -0.15) is 0 Å². The van der Waals surface area contributed by atoms with Crippen molar-refractivity contribution in [3.8, 4) is 18.5 Å². The largest absolute Gasteiger partial charge is 0.353 e. The van der Waals surface area contributed by atoms with Crippen molar-refractivity contribution in [2.45, 2.75) is 47.1 Å². The Morgan fingerprint density at radius 2 is 1.59 bits per heavy atom. The van der Waals surface area contributed by atoms with Crippen LogP contribution in [0.2, 0.25) is 0 Å². The average molecular weight is 595 g/mol. The number of nitrogens with one attached hydrogen (secondary N) is 1. The molecule has 4 heterocycles. The lowest BCUT2D eigenvalue weighted by atomic mass is 10.1. The summed E-state index contributed by atoms with van der Waals surface area (Å²) in [6.07, 6.45) is 10.6. The molecular weight excluding hydrogens is 555 g/mol. The van der Waals surface area contributed by atoms with E-state index in [4.69, 9.17) is 0 Å². The maximum Gasteiger partial charge on any atom is 0.268 e. The molecule has 1 saturated heterocycles. The number of terminal acetylenes is 1. The molecule has 0 saturated carbocycles. The van der Waals surface area contributed by atoms with E-state index in [1.807, 2.05) is 81.6 Å². The quantitative estimate of drug-likeness (QED) is 0.262. The van der Waals surface area contributed by atoms with E-state index < -0.39 is 0 Å². The predicted octanol–water partition coefficient (Wildman–Crippen LogP) is 5.92. The van der Waals surface area contributed by atoms with E-state index in [0.29, 0.717) is 6.54 Å². The van der Waals surface area contributed by atoms with Crippen molar-refractivity contribution in [3.05, 3.63) is 124 Å². The van der Waals surface area contributed by atoms with Gasteiger partial charge in [0.2, 0.25) is 0 Å². The number of fused-ring (bicyclic) bond motifs is 1. The third-order valence-electron chi connectivity index (χ3n) is 7.06. The Balaban J connectivity index is 0.000000414. The van der Waals surface area contributed by atoms with Crippen molar-refractivity contribution in [3.63, 3.8) is 0 Å². The van der Waals surface area contributed by atoms with Gasteiger partial charge in [-0.3, -0.25) is 14.2 Å². The van der Waals surface area contributed by atoms with Crippen LogP contribution in [0.3, 0.4) is 0 Å². The first-order valence-corrected chi connectivity index (χ1v) is 14.5. The smallest absolute Gasteiger partial charge is 0.268 e. The summed E-state index contributed by atoms with van der Waals surface area (Å²) in [6, 6.07) is 22.9. The SMILES string of the molecule is C#C.CC.Cc1cc(C(=O)N[C@H]2CCN(c3ccc4ncc(C)n4n3)C2)c(=O)n(-c2ccccc2)c1C.Fc1ccccc1. The molecule has 44 heavy (non-hydrogen) atoms. The molecule has 1 aliphatic rings. The lowest BCUT2D eigenvalue weighted by Crippen LogP contribution is -2.40. The zero-order valence-corrected chi connectivity index (χ0v) is 25.9. The number of aromatic nitrogens is 4. The molecule has 5 aromatic rings. The number of pyridine rings is 1. The first-order valence-electron chi connectivity index (χ1n) is 14.5. The van der Waals surface area contributed by atoms with Crippen molar-refractivity contribution in [2.75, 3.05) is 18.0 Å². The number of imidazole rings is 1. The highest BCUT2D eigenvalue weighted by molar-refractivity contribution is 5.94. The fourth-order valence-electron chi connectivity index (χ4n) is 4.79. The van der Waals surface area contributed by atoms with E-state index >= 15 is 0 Å². The van der Waals surface area contributed by atoms with E-state index in [0.717, 1.165) is 47.1 Å². The van der Waals surface area contributed by atoms with E-state index in [9.17, 15) is 14.0 Å².